The Balaban J connectivity index is 2.17. The first-order valence-corrected chi connectivity index (χ1v) is 7.30. The Labute approximate surface area is 139 Å². The molecule has 2 aromatic rings. The summed E-state index contributed by atoms with van der Waals surface area (Å²) in [5.41, 5.74) is 0.112. The van der Waals surface area contributed by atoms with Crippen LogP contribution in [0.1, 0.15) is 31.1 Å². The summed E-state index contributed by atoms with van der Waals surface area (Å²) in [5.74, 6) is -1.17. The van der Waals surface area contributed by atoms with E-state index in [1.165, 1.54) is 37.1 Å². The fourth-order valence-electron chi connectivity index (χ4n) is 1.82. The SMILES string of the molecule is CC(C)(C)/C=C/C(NC(=O)c1ccnc(-n2cnnc2)c1)C(=O)O. The maximum atomic E-state index is 12.3. The van der Waals surface area contributed by atoms with Gasteiger partial charge in [-0.05, 0) is 17.5 Å². The lowest BCUT2D eigenvalue weighted by Gasteiger charge is -2.15. The number of carbonyl (C=O) groups is 2. The molecule has 0 aliphatic heterocycles. The number of aromatic nitrogens is 4. The molecule has 8 heteroatoms. The molecule has 1 atom stereocenters. The standard InChI is InChI=1S/C16H19N5O3/c1-16(2,3)6-4-12(15(23)24)20-14(22)11-5-7-17-13(8-11)21-9-18-19-10-21/h4-10,12H,1-3H3,(H,20,22)(H,23,24)/b6-4+. The Morgan fingerprint density at radius 2 is 1.96 bits per heavy atom. The third-order valence-corrected chi connectivity index (χ3v) is 3.03. The second-order valence-electron chi connectivity index (χ2n) is 6.29. The number of carbonyl (C=O) groups excluding carboxylic acids is 1. The lowest BCUT2D eigenvalue weighted by molar-refractivity contribution is -0.137. The average Bonchev–Trinajstić information content (AvgIpc) is 3.04. The lowest BCUT2D eigenvalue weighted by Crippen LogP contribution is -2.39. The van der Waals surface area contributed by atoms with E-state index < -0.39 is 17.9 Å². The van der Waals surface area contributed by atoms with Gasteiger partial charge in [-0.1, -0.05) is 32.9 Å². The summed E-state index contributed by atoms with van der Waals surface area (Å²) >= 11 is 0. The summed E-state index contributed by atoms with van der Waals surface area (Å²) in [7, 11) is 0. The second kappa shape index (κ2) is 7.03. The van der Waals surface area contributed by atoms with Gasteiger partial charge in [0.15, 0.2) is 0 Å². The van der Waals surface area contributed by atoms with Gasteiger partial charge in [0.1, 0.15) is 24.5 Å². The van der Waals surface area contributed by atoms with Crippen LogP contribution in [0.2, 0.25) is 0 Å². The number of nitrogens with zero attached hydrogens (tertiary/aromatic N) is 4. The lowest BCUT2D eigenvalue weighted by atomic mass is 9.95. The summed E-state index contributed by atoms with van der Waals surface area (Å²) in [4.78, 5) is 27.8. The van der Waals surface area contributed by atoms with Crippen LogP contribution in [0.25, 0.3) is 5.82 Å². The quantitative estimate of drug-likeness (QED) is 0.803. The molecule has 0 radical (unpaired) electrons. The number of hydrogen-bond acceptors (Lipinski definition) is 5. The molecule has 8 nitrogen and oxygen atoms in total. The van der Waals surface area contributed by atoms with Gasteiger partial charge >= 0.3 is 5.97 Å². The molecule has 0 fully saturated rings. The highest BCUT2D eigenvalue weighted by Crippen LogP contribution is 2.15. The third kappa shape index (κ3) is 4.73. The van der Waals surface area contributed by atoms with E-state index in [0.717, 1.165) is 0 Å². The normalized spacial score (nSPS) is 13.0. The van der Waals surface area contributed by atoms with E-state index in [4.69, 9.17) is 0 Å². The van der Waals surface area contributed by atoms with E-state index in [0.29, 0.717) is 11.4 Å². The van der Waals surface area contributed by atoms with Gasteiger partial charge in [0.05, 0.1) is 0 Å². The molecule has 126 valence electrons. The van der Waals surface area contributed by atoms with E-state index in [1.54, 1.807) is 10.6 Å². The van der Waals surface area contributed by atoms with Gasteiger partial charge in [0.2, 0.25) is 0 Å². The van der Waals surface area contributed by atoms with E-state index in [1.807, 2.05) is 20.8 Å². The van der Waals surface area contributed by atoms with Gasteiger partial charge in [-0.15, -0.1) is 10.2 Å². The van der Waals surface area contributed by atoms with Crippen LogP contribution in [0.5, 0.6) is 0 Å². The van der Waals surface area contributed by atoms with E-state index in [9.17, 15) is 14.7 Å². The second-order valence-corrected chi connectivity index (χ2v) is 6.29. The number of carboxylic acid groups (broad SMARTS) is 1. The Morgan fingerprint density at radius 3 is 2.54 bits per heavy atom. The van der Waals surface area contributed by atoms with Crippen LogP contribution < -0.4 is 5.32 Å². The molecule has 0 saturated carbocycles. The van der Waals surface area contributed by atoms with Crippen molar-refractivity contribution in [2.24, 2.45) is 5.41 Å². The van der Waals surface area contributed by atoms with Gasteiger partial charge in [0.25, 0.3) is 5.91 Å². The maximum Gasteiger partial charge on any atom is 0.330 e. The molecule has 2 heterocycles. The van der Waals surface area contributed by atoms with Crippen LogP contribution in [0.15, 0.2) is 43.1 Å². The number of hydrogen-bond donors (Lipinski definition) is 2. The Hall–Kier alpha value is -3.03. The zero-order valence-corrected chi connectivity index (χ0v) is 13.7. The van der Waals surface area contributed by atoms with Gasteiger partial charge < -0.3 is 10.4 Å². The number of allylic oxidation sites excluding steroid dienone is 1. The van der Waals surface area contributed by atoms with E-state index >= 15 is 0 Å². The zero-order chi connectivity index (χ0) is 17.7. The van der Waals surface area contributed by atoms with Crippen molar-refractivity contribution < 1.29 is 14.7 Å². The largest absolute Gasteiger partial charge is 0.479 e. The molecule has 2 rings (SSSR count). The van der Waals surface area contributed by atoms with Crippen LogP contribution in [-0.4, -0.2) is 42.8 Å². The van der Waals surface area contributed by atoms with Crippen LogP contribution in [0, 0.1) is 5.41 Å². The number of rotatable bonds is 5. The average molecular weight is 329 g/mol. The summed E-state index contributed by atoms with van der Waals surface area (Å²) in [5, 5.41) is 19.1. The van der Waals surface area contributed by atoms with Gasteiger partial charge in [-0.25, -0.2) is 9.78 Å². The van der Waals surface area contributed by atoms with Crippen molar-refractivity contribution in [1.29, 1.82) is 0 Å². The first-order valence-electron chi connectivity index (χ1n) is 7.30. The van der Waals surface area contributed by atoms with Crippen molar-refractivity contribution in [3.05, 3.63) is 48.7 Å². The molecule has 0 aliphatic rings. The van der Waals surface area contributed by atoms with E-state index in [2.05, 4.69) is 20.5 Å². The highest BCUT2D eigenvalue weighted by atomic mass is 16.4. The topological polar surface area (TPSA) is 110 Å². The predicted molar refractivity (Wildman–Crippen MR) is 86.6 cm³/mol. The van der Waals surface area contributed by atoms with Crippen molar-refractivity contribution in [1.82, 2.24) is 25.1 Å². The first kappa shape index (κ1) is 17.3. The first-order chi connectivity index (χ1) is 11.3. The van der Waals surface area contributed by atoms with Crippen molar-refractivity contribution >= 4 is 11.9 Å². The molecule has 0 bridgehead atoms. The fraction of sp³-hybridized carbons (Fsp3) is 0.312. The monoisotopic (exact) mass is 329 g/mol. The molecular formula is C16H19N5O3. The predicted octanol–water partition coefficient (Wildman–Crippen LogP) is 1.45. The highest BCUT2D eigenvalue weighted by molar-refractivity contribution is 5.97. The molecule has 2 aromatic heterocycles. The minimum atomic E-state index is -1.13. The summed E-state index contributed by atoms with van der Waals surface area (Å²) in [6.07, 6.45) is 7.60. The van der Waals surface area contributed by atoms with Crippen LogP contribution in [0.4, 0.5) is 0 Å². The van der Waals surface area contributed by atoms with Crippen molar-refractivity contribution in [2.45, 2.75) is 26.8 Å². The number of carboxylic acids is 1. The van der Waals surface area contributed by atoms with Gasteiger partial charge in [-0.3, -0.25) is 9.36 Å². The van der Waals surface area contributed by atoms with Gasteiger partial charge in [-0.2, -0.15) is 0 Å². The molecule has 0 saturated heterocycles. The molecule has 1 amide bonds. The molecule has 0 aliphatic carbocycles. The summed E-state index contributed by atoms with van der Waals surface area (Å²) < 4.78 is 1.55. The molecular weight excluding hydrogens is 310 g/mol. The molecule has 24 heavy (non-hydrogen) atoms. The third-order valence-electron chi connectivity index (χ3n) is 3.03. The van der Waals surface area contributed by atoms with Crippen LogP contribution in [-0.2, 0) is 4.79 Å². The minimum absolute atomic E-state index is 0.184. The minimum Gasteiger partial charge on any atom is -0.479 e. The summed E-state index contributed by atoms with van der Waals surface area (Å²) in [6.45, 7) is 5.83. The van der Waals surface area contributed by atoms with Crippen molar-refractivity contribution in [3.8, 4) is 5.82 Å². The van der Waals surface area contributed by atoms with Crippen LogP contribution >= 0.6 is 0 Å². The number of nitrogens with one attached hydrogen (secondary N) is 1. The molecule has 1 unspecified atom stereocenters. The molecule has 2 N–H and O–H groups in total. The van der Waals surface area contributed by atoms with Crippen molar-refractivity contribution in [3.63, 3.8) is 0 Å². The van der Waals surface area contributed by atoms with E-state index in [-0.39, 0.29) is 5.41 Å². The maximum absolute atomic E-state index is 12.3. The Kier molecular flexibility index (Phi) is 5.08. The number of amides is 1. The zero-order valence-electron chi connectivity index (χ0n) is 13.7. The fourth-order valence-corrected chi connectivity index (χ4v) is 1.82. The highest BCUT2D eigenvalue weighted by Gasteiger charge is 2.19. The summed E-state index contributed by atoms with van der Waals surface area (Å²) in [6, 6.07) is 1.93. The molecule has 0 spiro atoms. The van der Waals surface area contributed by atoms with Gasteiger partial charge in [0, 0.05) is 11.8 Å². The number of pyridine rings is 1. The molecule has 0 aromatic carbocycles. The van der Waals surface area contributed by atoms with Crippen molar-refractivity contribution in [2.75, 3.05) is 0 Å². The Bertz CT molecular complexity index is 747. The Morgan fingerprint density at radius 1 is 1.29 bits per heavy atom. The number of aliphatic carboxylic acids is 1. The van der Waals surface area contributed by atoms with Crippen LogP contribution in [0.3, 0.4) is 0 Å². The smallest absolute Gasteiger partial charge is 0.330 e.